The van der Waals surface area contributed by atoms with Crippen LogP contribution >= 0.6 is 0 Å². The fourth-order valence-corrected chi connectivity index (χ4v) is 2.72. The minimum absolute atomic E-state index is 0.143. The van der Waals surface area contributed by atoms with E-state index >= 15 is 0 Å². The molecular formula is C17H17N5O2. The Hall–Kier alpha value is -2.93. The molecule has 2 aromatic heterocycles. The van der Waals surface area contributed by atoms with E-state index in [1.54, 1.807) is 31.0 Å². The van der Waals surface area contributed by atoms with Crippen LogP contribution in [-0.4, -0.2) is 43.8 Å². The molecule has 3 heterocycles. The standard InChI is InChI=1S/C17H17N5O2/c23-16-7-12(22-6-5-19-11-22)1-2-14(16)15-9-21-17(10-20-15)24-13-3-4-18-8-13/h1-2,5-7,9-11,13,18,23H,3-4,8H2/t13-/m0/s1. The summed E-state index contributed by atoms with van der Waals surface area (Å²) in [6, 6.07) is 5.39. The lowest BCUT2D eigenvalue weighted by molar-refractivity contribution is 0.213. The van der Waals surface area contributed by atoms with Crippen molar-refractivity contribution >= 4 is 0 Å². The molecule has 1 fully saturated rings. The van der Waals surface area contributed by atoms with E-state index in [1.165, 1.54) is 0 Å². The number of nitrogens with zero attached hydrogens (tertiary/aromatic N) is 4. The van der Waals surface area contributed by atoms with Gasteiger partial charge in [0.1, 0.15) is 11.9 Å². The zero-order chi connectivity index (χ0) is 16.4. The SMILES string of the molecule is Oc1cc(-n2ccnc2)ccc1-c1cnc(O[C@H]2CCNC2)cn1. The summed E-state index contributed by atoms with van der Waals surface area (Å²) < 4.78 is 7.58. The minimum atomic E-state index is 0.143. The number of ether oxygens (including phenoxy) is 1. The molecule has 4 rings (SSSR count). The third-order valence-corrected chi connectivity index (χ3v) is 3.99. The van der Waals surface area contributed by atoms with Crippen LogP contribution < -0.4 is 10.1 Å². The van der Waals surface area contributed by atoms with Gasteiger partial charge in [-0.25, -0.2) is 15.0 Å². The van der Waals surface area contributed by atoms with Crippen molar-refractivity contribution in [3.8, 4) is 28.6 Å². The lowest BCUT2D eigenvalue weighted by Crippen LogP contribution is -2.20. The molecule has 0 spiro atoms. The Bertz CT molecular complexity index is 812. The van der Waals surface area contributed by atoms with Crippen LogP contribution in [-0.2, 0) is 0 Å². The molecule has 0 aliphatic carbocycles. The first-order valence-electron chi connectivity index (χ1n) is 7.81. The first-order valence-corrected chi connectivity index (χ1v) is 7.81. The van der Waals surface area contributed by atoms with Crippen LogP contribution in [0.1, 0.15) is 6.42 Å². The Labute approximate surface area is 139 Å². The highest BCUT2D eigenvalue weighted by atomic mass is 16.5. The average molecular weight is 323 g/mol. The molecule has 1 saturated heterocycles. The van der Waals surface area contributed by atoms with Gasteiger partial charge in [0.2, 0.25) is 5.88 Å². The zero-order valence-corrected chi connectivity index (χ0v) is 13.0. The van der Waals surface area contributed by atoms with Gasteiger partial charge in [0.25, 0.3) is 0 Å². The van der Waals surface area contributed by atoms with E-state index in [0.29, 0.717) is 17.1 Å². The van der Waals surface area contributed by atoms with E-state index in [1.807, 2.05) is 22.9 Å². The van der Waals surface area contributed by atoms with Crippen molar-refractivity contribution in [1.29, 1.82) is 0 Å². The van der Waals surface area contributed by atoms with Crippen molar-refractivity contribution in [3.63, 3.8) is 0 Å². The molecule has 24 heavy (non-hydrogen) atoms. The maximum Gasteiger partial charge on any atom is 0.232 e. The monoisotopic (exact) mass is 323 g/mol. The third kappa shape index (κ3) is 2.93. The van der Waals surface area contributed by atoms with E-state index in [9.17, 15) is 5.11 Å². The topological polar surface area (TPSA) is 85.1 Å². The van der Waals surface area contributed by atoms with Crippen LogP contribution in [0.3, 0.4) is 0 Å². The quantitative estimate of drug-likeness (QED) is 0.761. The Morgan fingerprint density at radius 3 is 2.88 bits per heavy atom. The molecule has 0 unspecified atom stereocenters. The van der Waals surface area contributed by atoms with Crippen LogP contribution in [0, 0.1) is 0 Å². The highest BCUT2D eigenvalue weighted by Gasteiger charge is 2.17. The van der Waals surface area contributed by atoms with Gasteiger partial charge in [-0.1, -0.05) is 0 Å². The van der Waals surface area contributed by atoms with Crippen LogP contribution in [0.15, 0.2) is 49.3 Å². The third-order valence-electron chi connectivity index (χ3n) is 3.99. The number of benzene rings is 1. The van der Waals surface area contributed by atoms with Crippen molar-refractivity contribution in [3.05, 3.63) is 49.3 Å². The van der Waals surface area contributed by atoms with Crippen molar-refractivity contribution in [2.45, 2.75) is 12.5 Å². The normalized spacial score (nSPS) is 17.1. The van der Waals surface area contributed by atoms with Gasteiger partial charge in [-0.2, -0.15) is 0 Å². The Morgan fingerprint density at radius 1 is 1.25 bits per heavy atom. The molecule has 122 valence electrons. The summed E-state index contributed by atoms with van der Waals surface area (Å²) >= 11 is 0. The molecule has 0 amide bonds. The molecule has 1 aromatic carbocycles. The largest absolute Gasteiger partial charge is 0.507 e. The Kier molecular flexibility index (Phi) is 3.84. The number of phenols is 1. The van der Waals surface area contributed by atoms with Crippen molar-refractivity contribution in [2.75, 3.05) is 13.1 Å². The molecule has 7 nitrogen and oxygen atoms in total. The number of rotatable bonds is 4. The van der Waals surface area contributed by atoms with E-state index in [4.69, 9.17) is 4.74 Å². The van der Waals surface area contributed by atoms with E-state index in [0.717, 1.165) is 25.2 Å². The molecule has 0 radical (unpaired) electrons. The lowest BCUT2D eigenvalue weighted by Gasteiger charge is -2.11. The number of phenolic OH excluding ortho intramolecular Hbond substituents is 1. The van der Waals surface area contributed by atoms with Gasteiger partial charge in [0.15, 0.2) is 0 Å². The molecule has 7 heteroatoms. The molecule has 0 saturated carbocycles. The fraction of sp³-hybridized carbons (Fsp3) is 0.235. The molecule has 3 aromatic rings. The second kappa shape index (κ2) is 6.29. The van der Waals surface area contributed by atoms with Crippen molar-refractivity contribution in [2.24, 2.45) is 0 Å². The van der Waals surface area contributed by atoms with Crippen LogP contribution in [0.4, 0.5) is 0 Å². The van der Waals surface area contributed by atoms with E-state index in [2.05, 4.69) is 20.3 Å². The summed E-state index contributed by atoms with van der Waals surface area (Å²) in [7, 11) is 0. The van der Waals surface area contributed by atoms with Gasteiger partial charge in [-0.3, -0.25) is 0 Å². The predicted octanol–water partition coefficient (Wildman–Crippen LogP) is 1.78. The summed E-state index contributed by atoms with van der Waals surface area (Å²) in [5, 5.41) is 13.5. The van der Waals surface area contributed by atoms with Gasteiger partial charge < -0.3 is 19.7 Å². The number of hydrogen-bond acceptors (Lipinski definition) is 6. The lowest BCUT2D eigenvalue weighted by atomic mass is 10.1. The number of aromatic hydroxyl groups is 1. The molecule has 1 aliphatic rings. The summed E-state index contributed by atoms with van der Waals surface area (Å²) in [6.07, 6.45) is 9.51. The average Bonchev–Trinajstić information content (AvgIpc) is 3.29. The van der Waals surface area contributed by atoms with Gasteiger partial charge in [0, 0.05) is 30.6 Å². The van der Waals surface area contributed by atoms with Gasteiger partial charge in [-0.05, 0) is 25.1 Å². The summed E-state index contributed by atoms with van der Waals surface area (Å²) in [5.74, 6) is 0.645. The first kappa shape index (κ1) is 14.6. The Morgan fingerprint density at radius 2 is 2.21 bits per heavy atom. The number of hydrogen-bond donors (Lipinski definition) is 2. The van der Waals surface area contributed by atoms with Crippen LogP contribution in [0.5, 0.6) is 11.6 Å². The summed E-state index contributed by atoms with van der Waals surface area (Å²) in [4.78, 5) is 12.7. The smallest absolute Gasteiger partial charge is 0.232 e. The molecule has 0 bridgehead atoms. The molecule has 1 atom stereocenters. The van der Waals surface area contributed by atoms with E-state index < -0.39 is 0 Å². The summed E-state index contributed by atoms with van der Waals surface area (Å²) in [5.41, 5.74) is 2.05. The second-order valence-corrected chi connectivity index (χ2v) is 5.64. The van der Waals surface area contributed by atoms with Gasteiger partial charge in [0.05, 0.1) is 30.1 Å². The van der Waals surface area contributed by atoms with E-state index in [-0.39, 0.29) is 11.9 Å². The molecule has 2 N–H and O–H groups in total. The maximum atomic E-state index is 10.3. The molecule has 1 aliphatic heterocycles. The summed E-state index contributed by atoms with van der Waals surface area (Å²) in [6.45, 7) is 1.80. The molecular weight excluding hydrogens is 306 g/mol. The Balaban J connectivity index is 1.54. The maximum absolute atomic E-state index is 10.3. The van der Waals surface area contributed by atoms with Crippen LogP contribution in [0.25, 0.3) is 16.9 Å². The van der Waals surface area contributed by atoms with Gasteiger partial charge in [-0.15, -0.1) is 0 Å². The van der Waals surface area contributed by atoms with Crippen LogP contribution in [0.2, 0.25) is 0 Å². The number of nitrogens with one attached hydrogen (secondary N) is 1. The highest BCUT2D eigenvalue weighted by Crippen LogP contribution is 2.29. The minimum Gasteiger partial charge on any atom is -0.507 e. The zero-order valence-electron chi connectivity index (χ0n) is 13.0. The van der Waals surface area contributed by atoms with Gasteiger partial charge >= 0.3 is 0 Å². The fourth-order valence-electron chi connectivity index (χ4n) is 2.72. The van der Waals surface area contributed by atoms with Crippen molar-refractivity contribution in [1.82, 2.24) is 24.8 Å². The number of aromatic nitrogens is 4. The first-order chi connectivity index (χ1) is 11.8. The second-order valence-electron chi connectivity index (χ2n) is 5.64. The predicted molar refractivity (Wildman–Crippen MR) is 88.2 cm³/mol. The highest BCUT2D eigenvalue weighted by molar-refractivity contribution is 5.68. The number of imidazole rings is 1. The van der Waals surface area contributed by atoms with Crippen molar-refractivity contribution < 1.29 is 9.84 Å².